The van der Waals surface area contributed by atoms with Gasteiger partial charge in [-0.1, -0.05) is 56.3 Å². The van der Waals surface area contributed by atoms with Gasteiger partial charge in [-0.05, 0) is 12.1 Å². The van der Waals surface area contributed by atoms with Crippen LogP contribution in [0.25, 0.3) is 22.3 Å². The van der Waals surface area contributed by atoms with Crippen molar-refractivity contribution in [1.82, 2.24) is 5.32 Å². The number of nitrogens with one attached hydrogen (secondary N) is 1. The Bertz CT molecular complexity index is 1110. The molecule has 0 spiro atoms. The lowest BCUT2D eigenvalue weighted by molar-refractivity contribution is -0.138. The molecule has 0 saturated heterocycles. The standard InChI is InChI=1S/C15H10O2.C9H17NO5/c16-13-10-15(11-6-2-1-3-7-11)17-14-9-5-4-8-12(13)14;1-9(2,5-11)7(14)8(15)10-4-3-6(12)13/h1-10H;7,11,14H,3-5H2,1-2H3,(H,10,15)(H,12,13)/t;7-/m.0/s1. The Kier molecular flexibility index (Phi) is 8.69. The summed E-state index contributed by atoms with van der Waals surface area (Å²) in [5, 5.41) is 29.6. The number of aliphatic hydroxyl groups is 2. The molecule has 0 radical (unpaired) electrons. The van der Waals surface area contributed by atoms with Gasteiger partial charge >= 0.3 is 5.97 Å². The summed E-state index contributed by atoms with van der Waals surface area (Å²) in [6.45, 7) is 2.70. The summed E-state index contributed by atoms with van der Waals surface area (Å²) in [5.41, 5.74) is 0.590. The van der Waals surface area contributed by atoms with Crippen LogP contribution in [0, 0.1) is 5.41 Å². The van der Waals surface area contributed by atoms with Crippen molar-refractivity contribution in [2.45, 2.75) is 26.4 Å². The van der Waals surface area contributed by atoms with E-state index in [1.165, 1.54) is 19.9 Å². The third-order valence-electron chi connectivity index (χ3n) is 4.73. The van der Waals surface area contributed by atoms with Crippen LogP contribution in [0.5, 0.6) is 0 Å². The first kappa shape index (κ1) is 24.8. The van der Waals surface area contributed by atoms with Crippen molar-refractivity contribution < 1.29 is 29.3 Å². The molecule has 0 aliphatic rings. The van der Waals surface area contributed by atoms with Gasteiger partial charge in [-0.3, -0.25) is 14.4 Å². The lowest BCUT2D eigenvalue weighted by atomic mass is 9.87. The van der Waals surface area contributed by atoms with E-state index in [1.54, 1.807) is 6.07 Å². The van der Waals surface area contributed by atoms with Crippen molar-refractivity contribution in [3.05, 3.63) is 70.9 Å². The summed E-state index contributed by atoms with van der Waals surface area (Å²) in [6.07, 6.45) is -1.55. The Morgan fingerprint density at radius 2 is 1.69 bits per heavy atom. The zero-order valence-corrected chi connectivity index (χ0v) is 17.9. The Morgan fingerprint density at radius 1 is 1.06 bits per heavy atom. The van der Waals surface area contributed by atoms with Crippen LogP contribution >= 0.6 is 0 Å². The summed E-state index contributed by atoms with van der Waals surface area (Å²) in [7, 11) is 0. The predicted octanol–water partition coefficient (Wildman–Crippen LogP) is 2.42. The smallest absolute Gasteiger partial charge is 0.305 e. The third-order valence-corrected chi connectivity index (χ3v) is 4.73. The maximum Gasteiger partial charge on any atom is 0.305 e. The number of benzene rings is 2. The van der Waals surface area contributed by atoms with Gasteiger partial charge in [0.1, 0.15) is 17.4 Å². The van der Waals surface area contributed by atoms with E-state index in [0.29, 0.717) is 16.7 Å². The molecule has 4 N–H and O–H groups in total. The number of hydrogen-bond acceptors (Lipinski definition) is 6. The lowest BCUT2D eigenvalue weighted by Crippen LogP contribution is -2.45. The van der Waals surface area contributed by atoms with Gasteiger partial charge in [0.15, 0.2) is 5.43 Å². The van der Waals surface area contributed by atoms with Crippen LogP contribution in [0.1, 0.15) is 20.3 Å². The number of fused-ring (bicyclic) bond motifs is 1. The van der Waals surface area contributed by atoms with Crippen molar-refractivity contribution >= 4 is 22.8 Å². The molecule has 1 amide bonds. The zero-order valence-electron chi connectivity index (χ0n) is 17.9. The van der Waals surface area contributed by atoms with Crippen molar-refractivity contribution in [2.75, 3.05) is 13.2 Å². The minimum Gasteiger partial charge on any atom is -0.481 e. The van der Waals surface area contributed by atoms with Gasteiger partial charge in [0, 0.05) is 23.6 Å². The van der Waals surface area contributed by atoms with E-state index in [2.05, 4.69) is 5.32 Å². The minimum absolute atomic E-state index is 0.00861. The summed E-state index contributed by atoms with van der Waals surface area (Å²) in [5.74, 6) is -1.09. The van der Waals surface area contributed by atoms with Crippen LogP contribution in [-0.2, 0) is 9.59 Å². The number of rotatable bonds is 7. The normalized spacial score (nSPS) is 11.9. The second kappa shape index (κ2) is 11.2. The van der Waals surface area contributed by atoms with Crippen LogP contribution in [0.15, 0.2) is 69.9 Å². The summed E-state index contributed by atoms with van der Waals surface area (Å²) in [6, 6.07) is 18.4. The third kappa shape index (κ3) is 6.76. The van der Waals surface area contributed by atoms with E-state index in [1.807, 2.05) is 48.5 Å². The van der Waals surface area contributed by atoms with Crippen LogP contribution in [-0.4, -0.2) is 46.5 Å². The molecule has 2 aromatic carbocycles. The van der Waals surface area contributed by atoms with Gasteiger partial charge < -0.3 is 25.1 Å². The van der Waals surface area contributed by atoms with Crippen LogP contribution in [0.3, 0.4) is 0 Å². The van der Waals surface area contributed by atoms with E-state index < -0.39 is 23.4 Å². The molecule has 1 atom stereocenters. The first-order chi connectivity index (χ1) is 15.2. The number of aliphatic carboxylic acids is 1. The van der Waals surface area contributed by atoms with Crippen molar-refractivity contribution in [3.63, 3.8) is 0 Å². The summed E-state index contributed by atoms with van der Waals surface area (Å²) >= 11 is 0. The Hall–Kier alpha value is -3.49. The highest BCUT2D eigenvalue weighted by Gasteiger charge is 2.32. The molecule has 0 fully saturated rings. The largest absolute Gasteiger partial charge is 0.481 e. The second-order valence-electron chi connectivity index (χ2n) is 7.82. The molecule has 8 nitrogen and oxygen atoms in total. The molecule has 1 aromatic heterocycles. The fourth-order valence-electron chi connectivity index (χ4n) is 2.68. The van der Waals surface area contributed by atoms with Gasteiger partial charge in [0.2, 0.25) is 5.91 Å². The van der Waals surface area contributed by atoms with Crippen molar-refractivity contribution in [2.24, 2.45) is 5.41 Å². The number of carboxylic acids is 1. The molecular weight excluding hydrogens is 414 g/mol. The van der Waals surface area contributed by atoms with Gasteiger partial charge in [0.05, 0.1) is 18.4 Å². The number of carbonyl (C=O) groups excluding carboxylic acids is 1. The first-order valence-corrected chi connectivity index (χ1v) is 10.0. The van der Waals surface area contributed by atoms with E-state index in [4.69, 9.17) is 14.6 Å². The van der Waals surface area contributed by atoms with Crippen molar-refractivity contribution in [3.8, 4) is 11.3 Å². The molecule has 1 heterocycles. The lowest BCUT2D eigenvalue weighted by Gasteiger charge is -2.26. The van der Waals surface area contributed by atoms with E-state index in [0.717, 1.165) is 5.56 Å². The average molecular weight is 441 g/mol. The number of para-hydroxylation sites is 1. The molecule has 0 unspecified atom stereocenters. The zero-order chi connectivity index (χ0) is 23.7. The first-order valence-electron chi connectivity index (χ1n) is 10.0. The van der Waals surface area contributed by atoms with Crippen molar-refractivity contribution in [1.29, 1.82) is 0 Å². The molecule has 8 heteroatoms. The Balaban J connectivity index is 0.000000230. The topological polar surface area (TPSA) is 137 Å². The molecular formula is C24H27NO7. The number of amides is 1. The average Bonchev–Trinajstić information content (AvgIpc) is 2.79. The molecule has 32 heavy (non-hydrogen) atoms. The molecule has 170 valence electrons. The van der Waals surface area contributed by atoms with E-state index in [-0.39, 0.29) is 25.0 Å². The number of carboxylic acid groups (broad SMARTS) is 1. The molecule has 0 aliphatic carbocycles. The molecule has 3 rings (SSSR count). The second-order valence-corrected chi connectivity index (χ2v) is 7.82. The summed E-state index contributed by atoms with van der Waals surface area (Å²) in [4.78, 5) is 33.3. The SMILES string of the molecule is CC(C)(CO)[C@@H](O)C(=O)NCCC(=O)O.O=c1cc(-c2ccccc2)oc2ccccc12. The van der Waals surface area contributed by atoms with Gasteiger partial charge in [-0.2, -0.15) is 0 Å². The highest BCUT2D eigenvalue weighted by Crippen LogP contribution is 2.21. The number of aliphatic hydroxyl groups excluding tert-OH is 2. The highest BCUT2D eigenvalue weighted by atomic mass is 16.4. The maximum absolute atomic E-state index is 11.9. The molecule has 3 aromatic rings. The number of carbonyl (C=O) groups is 2. The van der Waals surface area contributed by atoms with Crippen LogP contribution in [0.4, 0.5) is 0 Å². The quantitative estimate of drug-likeness (QED) is 0.442. The van der Waals surface area contributed by atoms with Crippen LogP contribution < -0.4 is 10.7 Å². The fourth-order valence-corrected chi connectivity index (χ4v) is 2.68. The monoisotopic (exact) mass is 441 g/mol. The predicted molar refractivity (Wildman–Crippen MR) is 120 cm³/mol. The van der Waals surface area contributed by atoms with E-state index >= 15 is 0 Å². The summed E-state index contributed by atoms with van der Waals surface area (Å²) < 4.78 is 5.73. The Labute approximate surface area is 185 Å². The van der Waals surface area contributed by atoms with Gasteiger partial charge in [-0.15, -0.1) is 0 Å². The number of hydrogen-bond donors (Lipinski definition) is 4. The minimum atomic E-state index is -1.35. The van der Waals surface area contributed by atoms with Gasteiger partial charge in [-0.25, -0.2) is 0 Å². The van der Waals surface area contributed by atoms with Gasteiger partial charge in [0.25, 0.3) is 0 Å². The Morgan fingerprint density at radius 3 is 2.31 bits per heavy atom. The van der Waals surface area contributed by atoms with E-state index in [9.17, 15) is 19.5 Å². The van der Waals surface area contributed by atoms with Crippen LogP contribution in [0.2, 0.25) is 0 Å². The highest BCUT2D eigenvalue weighted by molar-refractivity contribution is 5.81. The molecule has 0 aliphatic heterocycles. The molecule has 0 saturated carbocycles. The fraction of sp³-hybridized carbons (Fsp3) is 0.292. The maximum atomic E-state index is 11.9. The molecule has 0 bridgehead atoms.